The van der Waals surface area contributed by atoms with Crippen LogP contribution in [0, 0.1) is 0 Å². The number of carbonyl (C=O) groups excluding carboxylic acids is 1. The van der Waals surface area contributed by atoms with Crippen LogP contribution in [0.4, 0.5) is 0 Å². The number of hydrogen-bond acceptors (Lipinski definition) is 4. The molecule has 0 aliphatic carbocycles. The Bertz CT molecular complexity index is 581. The molecule has 106 valence electrons. The van der Waals surface area contributed by atoms with E-state index in [2.05, 4.69) is 18.0 Å². The molecule has 1 heterocycles. The van der Waals surface area contributed by atoms with Crippen LogP contribution >= 0.6 is 12.9 Å². The van der Waals surface area contributed by atoms with Gasteiger partial charge in [-0.1, -0.05) is 31.2 Å². The van der Waals surface area contributed by atoms with Crippen LogP contribution in [-0.4, -0.2) is 22.2 Å². The molecule has 2 rings (SSSR count). The van der Waals surface area contributed by atoms with Gasteiger partial charge in [0, 0.05) is 24.6 Å². The van der Waals surface area contributed by atoms with Crippen LogP contribution in [0.5, 0.6) is 0 Å². The van der Waals surface area contributed by atoms with Crippen LogP contribution in [0.15, 0.2) is 36.7 Å². The Labute approximate surface area is 124 Å². The summed E-state index contributed by atoms with van der Waals surface area (Å²) in [6.07, 6.45) is 4.85. The number of thiol groups is 1. The van der Waals surface area contributed by atoms with Crippen LogP contribution in [-0.2, 0) is 21.9 Å². The van der Waals surface area contributed by atoms with Crippen molar-refractivity contribution < 1.29 is 8.98 Å². The van der Waals surface area contributed by atoms with Gasteiger partial charge in [-0.15, -0.1) is 0 Å². The monoisotopic (exact) mass is 290 g/mol. The van der Waals surface area contributed by atoms with Crippen LogP contribution in [0.3, 0.4) is 0 Å². The van der Waals surface area contributed by atoms with Crippen molar-refractivity contribution in [2.45, 2.75) is 26.3 Å². The van der Waals surface area contributed by atoms with Crippen molar-refractivity contribution in [2.75, 3.05) is 6.61 Å². The van der Waals surface area contributed by atoms with Crippen molar-refractivity contribution in [3.05, 3.63) is 42.2 Å². The Balaban J connectivity index is 2.13. The predicted molar refractivity (Wildman–Crippen MR) is 81.6 cm³/mol. The number of ketones is 1. The van der Waals surface area contributed by atoms with E-state index in [0.717, 1.165) is 16.7 Å². The molecule has 5 heteroatoms. The van der Waals surface area contributed by atoms with Gasteiger partial charge in [-0.25, -0.2) is 0 Å². The Morgan fingerprint density at radius 2 is 2.25 bits per heavy atom. The molecule has 0 saturated carbocycles. The highest BCUT2D eigenvalue weighted by Gasteiger charge is 2.05. The molecule has 0 amide bonds. The lowest BCUT2D eigenvalue weighted by molar-refractivity contribution is -0.118. The summed E-state index contributed by atoms with van der Waals surface area (Å²) in [6.45, 7) is 3.06. The number of carbonyl (C=O) groups is 1. The molecule has 2 aromatic rings. The summed E-state index contributed by atoms with van der Waals surface area (Å²) in [5.41, 5.74) is 3.15. The van der Waals surface area contributed by atoms with Gasteiger partial charge in [0.25, 0.3) is 0 Å². The van der Waals surface area contributed by atoms with Gasteiger partial charge < -0.3 is 4.18 Å². The third-order valence-electron chi connectivity index (χ3n) is 3.10. The predicted octanol–water partition coefficient (Wildman–Crippen LogP) is 2.93. The molecule has 0 bridgehead atoms. The molecule has 0 atom stereocenters. The van der Waals surface area contributed by atoms with E-state index >= 15 is 0 Å². The van der Waals surface area contributed by atoms with Gasteiger partial charge in [0.2, 0.25) is 0 Å². The molecule has 0 radical (unpaired) electrons. The maximum absolute atomic E-state index is 11.5. The molecule has 0 saturated heterocycles. The molecule has 0 fully saturated rings. The van der Waals surface area contributed by atoms with Gasteiger partial charge in [0.1, 0.15) is 5.78 Å². The summed E-state index contributed by atoms with van der Waals surface area (Å²) in [6, 6.07) is 8.03. The van der Waals surface area contributed by atoms with E-state index in [9.17, 15) is 4.79 Å². The van der Waals surface area contributed by atoms with Crippen LogP contribution in [0.1, 0.15) is 18.9 Å². The highest BCUT2D eigenvalue weighted by atomic mass is 32.1. The van der Waals surface area contributed by atoms with E-state index in [0.29, 0.717) is 26.0 Å². The zero-order valence-electron chi connectivity index (χ0n) is 11.5. The lowest BCUT2D eigenvalue weighted by Crippen LogP contribution is -2.02. The average molecular weight is 290 g/mol. The molecule has 0 unspecified atom stereocenters. The third-order valence-corrected chi connectivity index (χ3v) is 3.28. The van der Waals surface area contributed by atoms with Gasteiger partial charge in [0.05, 0.1) is 19.3 Å². The number of nitrogens with zero attached hydrogens (tertiary/aromatic N) is 2. The van der Waals surface area contributed by atoms with Crippen molar-refractivity contribution in [3.63, 3.8) is 0 Å². The third kappa shape index (κ3) is 3.95. The first-order valence-electron chi connectivity index (χ1n) is 6.62. The lowest BCUT2D eigenvalue weighted by Gasteiger charge is -2.03. The SMILES string of the molecule is CCC(=O)Cc1cccc(-c2cnn(CCOS)c2)c1. The van der Waals surface area contributed by atoms with Crippen molar-refractivity contribution in [1.82, 2.24) is 9.78 Å². The molecule has 1 aromatic heterocycles. The van der Waals surface area contributed by atoms with E-state index in [1.807, 2.05) is 48.3 Å². The Morgan fingerprint density at radius 3 is 3.00 bits per heavy atom. The minimum absolute atomic E-state index is 0.253. The molecular weight excluding hydrogens is 272 g/mol. The summed E-state index contributed by atoms with van der Waals surface area (Å²) in [7, 11) is 0. The second kappa shape index (κ2) is 7.26. The summed E-state index contributed by atoms with van der Waals surface area (Å²) in [5, 5.41) is 4.27. The first kappa shape index (κ1) is 14.8. The van der Waals surface area contributed by atoms with E-state index in [-0.39, 0.29) is 5.78 Å². The lowest BCUT2D eigenvalue weighted by atomic mass is 10.0. The molecule has 0 aliphatic heterocycles. The maximum atomic E-state index is 11.5. The minimum Gasteiger partial charge on any atom is -0.317 e. The Kier molecular flexibility index (Phi) is 5.38. The fourth-order valence-electron chi connectivity index (χ4n) is 1.98. The molecule has 4 nitrogen and oxygen atoms in total. The van der Waals surface area contributed by atoms with Gasteiger partial charge in [-0.3, -0.25) is 9.48 Å². The van der Waals surface area contributed by atoms with Gasteiger partial charge >= 0.3 is 0 Å². The van der Waals surface area contributed by atoms with Gasteiger partial charge in [0.15, 0.2) is 0 Å². The second-order valence-electron chi connectivity index (χ2n) is 4.59. The van der Waals surface area contributed by atoms with E-state index in [1.54, 1.807) is 0 Å². The average Bonchev–Trinajstić information content (AvgIpc) is 2.94. The van der Waals surface area contributed by atoms with Gasteiger partial charge in [-0.2, -0.15) is 5.10 Å². The number of benzene rings is 1. The fourth-order valence-corrected chi connectivity index (χ4v) is 2.06. The highest BCUT2D eigenvalue weighted by molar-refractivity contribution is 7.75. The zero-order chi connectivity index (χ0) is 14.4. The number of rotatable bonds is 7. The summed E-state index contributed by atoms with van der Waals surface area (Å²) in [5.74, 6) is 0.253. The van der Waals surface area contributed by atoms with Crippen molar-refractivity contribution >= 4 is 18.7 Å². The highest BCUT2D eigenvalue weighted by Crippen LogP contribution is 2.20. The van der Waals surface area contributed by atoms with E-state index in [1.165, 1.54) is 0 Å². The van der Waals surface area contributed by atoms with E-state index < -0.39 is 0 Å². The maximum Gasteiger partial charge on any atom is 0.136 e. The molecule has 0 spiro atoms. The van der Waals surface area contributed by atoms with Crippen molar-refractivity contribution in [3.8, 4) is 11.1 Å². The first-order chi connectivity index (χ1) is 9.72. The quantitative estimate of drug-likeness (QED) is 0.630. The van der Waals surface area contributed by atoms with E-state index in [4.69, 9.17) is 4.18 Å². The molecule has 0 N–H and O–H groups in total. The fraction of sp³-hybridized carbons (Fsp3) is 0.333. The Morgan fingerprint density at radius 1 is 1.40 bits per heavy atom. The largest absolute Gasteiger partial charge is 0.317 e. The van der Waals surface area contributed by atoms with Crippen LogP contribution in [0.25, 0.3) is 11.1 Å². The zero-order valence-corrected chi connectivity index (χ0v) is 12.3. The molecule has 20 heavy (non-hydrogen) atoms. The topological polar surface area (TPSA) is 44.1 Å². The minimum atomic E-state index is 0.253. The molecule has 1 aromatic carbocycles. The van der Waals surface area contributed by atoms with Crippen molar-refractivity contribution in [2.24, 2.45) is 0 Å². The number of Topliss-reactive ketones (excluding diaryl/α,β-unsaturated/α-hetero) is 1. The number of aromatic nitrogens is 2. The number of hydrogen-bond donors (Lipinski definition) is 1. The molecule has 0 aliphatic rings. The standard InChI is InChI=1S/C15H18N2O2S/c1-2-15(18)9-12-4-3-5-13(8-12)14-10-16-17(11-14)6-7-19-20/h3-5,8,10-11,20H,2,6-7,9H2,1H3. The summed E-state index contributed by atoms with van der Waals surface area (Å²) >= 11 is 3.71. The normalized spacial score (nSPS) is 10.7. The smallest absolute Gasteiger partial charge is 0.136 e. The summed E-state index contributed by atoms with van der Waals surface area (Å²) < 4.78 is 6.55. The Hall–Kier alpha value is -1.59. The van der Waals surface area contributed by atoms with Gasteiger partial charge in [-0.05, 0) is 24.0 Å². The first-order valence-corrected chi connectivity index (χ1v) is 6.99. The molecular formula is C15H18N2O2S. The van der Waals surface area contributed by atoms with Crippen LogP contribution in [0.2, 0.25) is 0 Å². The van der Waals surface area contributed by atoms with Crippen molar-refractivity contribution in [1.29, 1.82) is 0 Å². The van der Waals surface area contributed by atoms with Crippen LogP contribution < -0.4 is 0 Å². The summed E-state index contributed by atoms with van der Waals surface area (Å²) in [4.78, 5) is 11.5. The second-order valence-corrected chi connectivity index (χ2v) is 4.85.